The van der Waals surface area contributed by atoms with E-state index < -0.39 is 5.97 Å². The first-order valence-corrected chi connectivity index (χ1v) is 12.4. The second-order valence-electron chi connectivity index (χ2n) is 8.94. The minimum Gasteiger partial charge on any atom is -0.478 e. The Bertz CT molecular complexity index is 1610. The molecule has 192 valence electrons. The van der Waals surface area contributed by atoms with Gasteiger partial charge in [0, 0.05) is 5.92 Å². The summed E-state index contributed by atoms with van der Waals surface area (Å²) in [6.45, 7) is 0. The zero-order valence-electron chi connectivity index (χ0n) is 21.2. The summed E-state index contributed by atoms with van der Waals surface area (Å²) in [5.41, 5.74) is 3.77. The number of nitriles is 2. The first-order chi connectivity index (χ1) is 19.5. The van der Waals surface area contributed by atoms with E-state index in [4.69, 9.17) is 20.0 Å². The number of hydrogen-bond acceptors (Lipinski definition) is 5. The smallest absolute Gasteiger partial charge is 0.335 e. The Morgan fingerprint density at radius 2 is 0.950 bits per heavy atom. The van der Waals surface area contributed by atoms with Gasteiger partial charge in [-0.2, -0.15) is 10.5 Å². The van der Waals surface area contributed by atoms with Crippen molar-refractivity contribution >= 4 is 5.97 Å². The van der Waals surface area contributed by atoms with Crippen LogP contribution in [0.25, 0.3) is 0 Å². The Labute approximate surface area is 231 Å². The first kappa shape index (κ1) is 25.8. The molecule has 0 spiro atoms. The maximum atomic E-state index is 12.1. The molecule has 0 atom stereocenters. The predicted octanol–water partition coefficient (Wildman–Crippen LogP) is 7.89. The molecule has 5 aromatic rings. The molecule has 0 bridgehead atoms. The number of carboxylic acid groups (broad SMARTS) is 1. The highest BCUT2D eigenvalue weighted by atomic mass is 16.5. The Balaban J connectivity index is 1.45. The summed E-state index contributed by atoms with van der Waals surface area (Å²) in [5, 5.41) is 27.9. The van der Waals surface area contributed by atoms with Crippen molar-refractivity contribution in [1.82, 2.24) is 0 Å². The number of carboxylic acids is 1. The van der Waals surface area contributed by atoms with Crippen molar-refractivity contribution in [2.75, 3.05) is 0 Å². The highest BCUT2D eigenvalue weighted by Crippen LogP contribution is 2.36. The van der Waals surface area contributed by atoms with E-state index in [1.807, 2.05) is 60.7 Å². The number of hydrogen-bond donors (Lipinski definition) is 1. The Hall–Kier alpha value is -5.85. The van der Waals surface area contributed by atoms with Crippen molar-refractivity contribution in [3.8, 4) is 35.1 Å². The van der Waals surface area contributed by atoms with E-state index in [-0.39, 0.29) is 11.5 Å². The molecule has 5 rings (SSSR count). The van der Waals surface area contributed by atoms with Gasteiger partial charge in [-0.3, -0.25) is 0 Å². The average Bonchev–Trinajstić information content (AvgIpc) is 3.00. The number of ether oxygens (including phenoxy) is 2. The standard InChI is InChI=1S/C34H22N2O4/c35-21-23-5-13-27(14-6-23)39-29-17-9-25(10-18-29)33(31-3-1-2-4-32(31)34(37)38)26-11-19-30(20-12-26)40-28-15-7-24(22-36)8-16-28/h1-20,33H,(H,37,38). The third-order valence-electron chi connectivity index (χ3n) is 6.37. The highest BCUT2D eigenvalue weighted by Gasteiger charge is 2.22. The van der Waals surface area contributed by atoms with Gasteiger partial charge in [0.1, 0.15) is 23.0 Å². The molecular weight excluding hydrogens is 500 g/mol. The van der Waals surface area contributed by atoms with Crippen LogP contribution < -0.4 is 9.47 Å². The van der Waals surface area contributed by atoms with E-state index in [0.29, 0.717) is 39.7 Å². The van der Waals surface area contributed by atoms with Crippen LogP contribution in [-0.2, 0) is 0 Å². The first-order valence-electron chi connectivity index (χ1n) is 12.4. The maximum absolute atomic E-state index is 12.1. The number of aromatic carboxylic acids is 1. The van der Waals surface area contributed by atoms with Gasteiger partial charge in [0.15, 0.2) is 0 Å². The van der Waals surface area contributed by atoms with Crippen LogP contribution in [-0.4, -0.2) is 11.1 Å². The summed E-state index contributed by atoms with van der Waals surface area (Å²) in [6, 6.07) is 39.9. The van der Waals surface area contributed by atoms with E-state index in [1.54, 1.807) is 60.7 Å². The van der Waals surface area contributed by atoms with Crippen LogP contribution in [0.5, 0.6) is 23.0 Å². The summed E-state index contributed by atoms with van der Waals surface area (Å²) in [7, 11) is 0. The fraction of sp³-hybridized carbons (Fsp3) is 0.0294. The third kappa shape index (κ3) is 5.83. The fourth-order valence-electron chi connectivity index (χ4n) is 4.42. The second-order valence-corrected chi connectivity index (χ2v) is 8.94. The summed E-state index contributed by atoms with van der Waals surface area (Å²) in [6.07, 6.45) is 0. The Kier molecular flexibility index (Phi) is 7.53. The maximum Gasteiger partial charge on any atom is 0.335 e. The van der Waals surface area contributed by atoms with Crippen LogP contribution in [0.1, 0.15) is 44.1 Å². The van der Waals surface area contributed by atoms with Gasteiger partial charge in [0.2, 0.25) is 0 Å². The van der Waals surface area contributed by atoms with Crippen LogP contribution in [0.2, 0.25) is 0 Å². The topological polar surface area (TPSA) is 103 Å². The van der Waals surface area contributed by atoms with Crippen molar-refractivity contribution < 1.29 is 19.4 Å². The molecule has 0 heterocycles. The minimum atomic E-state index is -0.998. The lowest BCUT2D eigenvalue weighted by atomic mass is 9.83. The SMILES string of the molecule is N#Cc1ccc(Oc2ccc(C(c3ccc(Oc4ccc(C#N)cc4)cc3)c3ccccc3C(=O)O)cc2)cc1. The Morgan fingerprint density at radius 1 is 0.575 bits per heavy atom. The highest BCUT2D eigenvalue weighted by molar-refractivity contribution is 5.90. The van der Waals surface area contributed by atoms with E-state index in [9.17, 15) is 9.90 Å². The van der Waals surface area contributed by atoms with Crippen molar-refractivity contribution in [3.63, 3.8) is 0 Å². The molecule has 0 aliphatic rings. The second kappa shape index (κ2) is 11.7. The summed E-state index contributed by atoms with van der Waals surface area (Å²) >= 11 is 0. The molecule has 0 unspecified atom stereocenters. The number of nitrogens with zero attached hydrogens (tertiary/aromatic N) is 2. The molecule has 6 nitrogen and oxygen atoms in total. The van der Waals surface area contributed by atoms with E-state index in [2.05, 4.69) is 12.1 Å². The van der Waals surface area contributed by atoms with Crippen LogP contribution in [0.4, 0.5) is 0 Å². The van der Waals surface area contributed by atoms with Crippen molar-refractivity contribution in [1.29, 1.82) is 10.5 Å². The molecule has 0 aliphatic heterocycles. The quantitative estimate of drug-likeness (QED) is 0.208. The lowest BCUT2D eigenvalue weighted by Crippen LogP contribution is -2.10. The van der Waals surface area contributed by atoms with Crippen molar-refractivity contribution in [3.05, 3.63) is 155 Å². The monoisotopic (exact) mass is 522 g/mol. The van der Waals surface area contributed by atoms with E-state index >= 15 is 0 Å². The summed E-state index contributed by atoms with van der Waals surface area (Å²) in [4.78, 5) is 12.1. The Morgan fingerprint density at radius 3 is 1.32 bits per heavy atom. The lowest BCUT2D eigenvalue weighted by molar-refractivity contribution is 0.0695. The van der Waals surface area contributed by atoms with Crippen molar-refractivity contribution in [2.45, 2.75) is 5.92 Å². The van der Waals surface area contributed by atoms with Crippen LogP contribution in [0.15, 0.2) is 121 Å². The molecule has 0 aromatic heterocycles. The van der Waals surface area contributed by atoms with E-state index in [0.717, 1.165) is 11.1 Å². The predicted molar refractivity (Wildman–Crippen MR) is 150 cm³/mol. The molecule has 40 heavy (non-hydrogen) atoms. The zero-order chi connectivity index (χ0) is 27.9. The van der Waals surface area contributed by atoms with Gasteiger partial charge in [0.05, 0.1) is 28.8 Å². The van der Waals surface area contributed by atoms with Gasteiger partial charge in [-0.15, -0.1) is 0 Å². The van der Waals surface area contributed by atoms with E-state index in [1.165, 1.54) is 0 Å². The van der Waals surface area contributed by atoms with Crippen molar-refractivity contribution in [2.24, 2.45) is 0 Å². The molecule has 0 saturated heterocycles. The number of benzene rings is 5. The molecule has 5 aromatic carbocycles. The minimum absolute atomic E-state index is 0.225. The summed E-state index contributed by atoms with van der Waals surface area (Å²) in [5.74, 6) is 1.09. The largest absolute Gasteiger partial charge is 0.478 e. The van der Waals surface area contributed by atoms with Crippen LogP contribution in [0, 0.1) is 22.7 Å². The van der Waals surface area contributed by atoms with Gasteiger partial charge in [-0.05, 0) is 95.6 Å². The van der Waals surface area contributed by atoms with Gasteiger partial charge < -0.3 is 14.6 Å². The number of carbonyl (C=O) groups is 1. The van der Waals surface area contributed by atoms with Crippen LogP contribution >= 0.6 is 0 Å². The molecule has 0 fully saturated rings. The summed E-state index contributed by atoms with van der Waals surface area (Å²) < 4.78 is 11.9. The molecule has 1 N–H and O–H groups in total. The average molecular weight is 523 g/mol. The molecule has 0 amide bonds. The molecule has 0 radical (unpaired) electrons. The van der Waals surface area contributed by atoms with Crippen LogP contribution in [0.3, 0.4) is 0 Å². The lowest BCUT2D eigenvalue weighted by Gasteiger charge is -2.21. The van der Waals surface area contributed by atoms with Gasteiger partial charge in [0.25, 0.3) is 0 Å². The fourth-order valence-corrected chi connectivity index (χ4v) is 4.42. The normalized spacial score (nSPS) is 10.4. The molecule has 6 heteroatoms. The van der Waals surface area contributed by atoms with Gasteiger partial charge in [-0.1, -0.05) is 42.5 Å². The molecule has 0 aliphatic carbocycles. The number of rotatable bonds is 8. The van der Waals surface area contributed by atoms with Gasteiger partial charge in [-0.25, -0.2) is 4.79 Å². The third-order valence-corrected chi connectivity index (χ3v) is 6.37. The molecule has 0 saturated carbocycles. The van der Waals surface area contributed by atoms with Gasteiger partial charge >= 0.3 is 5.97 Å². The molecular formula is C34H22N2O4. The zero-order valence-corrected chi connectivity index (χ0v) is 21.2.